The molecule has 1 aromatic carbocycles. The maximum absolute atomic E-state index is 12.2. The third-order valence-electron chi connectivity index (χ3n) is 4.77. The van der Waals surface area contributed by atoms with E-state index >= 15 is 0 Å². The van der Waals surface area contributed by atoms with Crippen molar-refractivity contribution in [2.24, 2.45) is 5.92 Å². The second-order valence-electron chi connectivity index (χ2n) is 6.69. The molecule has 0 radical (unpaired) electrons. The predicted molar refractivity (Wildman–Crippen MR) is 109 cm³/mol. The van der Waals surface area contributed by atoms with E-state index in [-0.39, 0.29) is 5.91 Å². The molecule has 2 aromatic rings. The van der Waals surface area contributed by atoms with Crippen molar-refractivity contribution in [2.45, 2.75) is 57.1 Å². The molecule has 0 aliphatic heterocycles. The summed E-state index contributed by atoms with van der Waals surface area (Å²) in [6, 6.07) is 7.58. The van der Waals surface area contributed by atoms with Gasteiger partial charge in [-0.05, 0) is 37.1 Å². The van der Waals surface area contributed by atoms with E-state index in [2.05, 4.69) is 42.9 Å². The number of nitrogens with one attached hydrogen (secondary N) is 1. The Bertz CT molecular complexity index is 726. The van der Waals surface area contributed by atoms with Crippen LogP contribution in [0.5, 0.6) is 0 Å². The zero-order valence-corrected chi connectivity index (χ0v) is 17.5. The Balaban J connectivity index is 1.55. The molecular weight excluding hydrogens is 412 g/mol. The first-order valence-electron chi connectivity index (χ1n) is 9.26. The van der Waals surface area contributed by atoms with Crippen LogP contribution in [0.25, 0.3) is 0 Å². The van der Waals surface area contributed by atoms with E-state index in [4.69, 9.17) is 0 Å². The van der Waals surface area contributed by atoms with Crippen LogP contribution in [0.15, 0.2) is 33.9 Å². The van der Waals surface area contributed by atoms with Gasteiger partial charge in [0.15, 0.2) is 5.16 Å². The van der Waals surface area contributed by atoms with Crippen molar-refractivity contribution < 1.29 is 4.79 Å². The predicted octanol–water partition coefficient (Wildman–Crippen LogP) is 4.91. The van der Waals surface area contributed by atoms with Gasteiger partial charge in [-0.3, -0.25) is 4.79 Å². The fourth-order valence-corrected chi connectivity index (χ4v) is 4.49. The monoisotopic (exact) mass is 436 g/mol. The number of thioether (sulfide) groups is 1. The number of rotatable bonds is 7. The first kappa shape index (κ1) is 19.4. The normalized spacial score (nSPS) is 15.2. The van der Waals surface area contributed by atoms with Gasteiger partial charge in [-0.2, -0.15) is 0 Å². The van der Waals surface area contributed by atoms with Crippen LogP contribution >= 0.6 is 27.7 Å². The van der Waals surface area contributed by atoms with E-state index in [1.165, 1.54) is 43.9 Å². The van der Waals surface area contributed by atoms with Crippen molar-refractivity contribution in [2.75, 3.05) is 11.1 Å². The smallest absolute Gasteiger partial charge is 0.234 e. The average Bonchev–Trinajstić information content (AvgIpc) is 3.04. The molecular formula is C19H25BrN4OS. The lowest BCUT2D eigenvalue weighted by Gasteiger charge is -2.21. The standard InChI is InChI=1S/C19H25BrN4OS/c1-2-24-17(12-14-6-4-3-5-7-14)22-23-19(24)26-13-18(25)21-16-10-8-15(20)9-11-16/h8-11,14H,2-7,12-13H2,1H3,(H,21,25). The molecule has 7 heteroatoms. The fraction of sp³-hybridized carbons (Fsp3) is 0.526. The molecule has 1 N–H and O–H groups in total. The highest BCUT2D eigenvalue weighted by Gasteiger charge is 2.19. The number of benzene rings is 1. The van der Waals surface area contributed by atoms with Crippen LogP contribution < -0.4 is 5.32 Å². The number of nitrogens with zero attached hydrogens (tertiary/aromatic N) is 3. The number of anilines is 1. The van der Waals surface area contributed by atoms with Crippen LogP contribution in [-0.4, -0.2) is 26.4 Å². The summed E-state index contributed by atoms with van der Waals surface area (Å²) < 4.78 is 3.15. The van der Waals surface area contributed by atoms with Crippen LogP contribution in [0, 0.1) is 5.92 Å². The average molecular weight is 437 g/mol. The second-order valence-corrected chi connectivity index (χ2v) is 8.55. The van der Waals surface area contributed by atoms with E-state index in [1.54, 1.807) is 0 Å². The second kappa shape index (κ2) is 9.55. The van der Waals surface area contributed by atoms with Crippen molar-refractivity contribution in [1.82, 2.24) is 14.8 Å². The van der Waals surface area contributed by atoms with Crippen LogP contribution in [0.4, 0.5) is 5.69 Å². The molecule has 1 saturated carbocycles. The van der Waals surface area contributed by atoms with E-state index in [0.29, 0.717) is 5.75 Å². The first-order valence-corrected chi connectivity index (χ1v) is 11.0. The number of halogens is 1. The van der Waals surface area contributed by atoms with Crippen molar-refractivity contribution in [3.63, 3.8) is 0 Å². The zero-order valence-electron chi connectivity index (χ0n) is 15.1. The molecule has 1 aliphatic rings. The molecule has 0 saturated heterocycles. The lowest BCUT2D eigenvalue weighted by molar-refractivity contribution is -0.113. The highest BCUT2D eigenvalue weighted by atomic mass is 79.9. The van der Waals surface area contributed by atoms with Crippen LogP contribution in [0.3, 0.4) is 0 Å². The van der Waals surface area contributed by atoms with Crippen molar-refractivity contribution in [3.05, 3.63) is 34.6 Å². The van der Waals surface area contributed by atoms with Gasteiger partial charge in [0.1, 0.15) is 5.82 Å². The molecule has 1 aromatic heterocycles. The molecule has 5 nitrogen and oxygen atoms in total. The number of aromatic nitrogens is 3. The van der Waals surface area contributed by atoms with Gasteiger partial charge in [-0.1, -0.05) is 59.8 Å². The van der Waals surface area contributed by atoms with Crippen LogP contribution in [0.2, 0.25) is 0 Å². The lowest BCUT2D eigenvalue weighted by Crippen LogP contribution is -2.15. The van der Waals surface area contributed by atoms with E-state index in [1.807, 2.05) is 24.3 Å². The molecule has 26 heavy (non-hydrogen) atoms. The molecule has 3 rings (SSSR count). The number of hydrogen-bond acceptors (Lipinski definition) is 4. The lowest BCUT2D eigenvalue weighted by atomic mass is 9.87. The summed E-state index contributed by atoms with van der Waals surface area (Å²) >= 11 is 4.84. The molecule has 0 bridgehead atoms. The van der Waals surface area contributed by atoms with Gasteiger partial charge < -0.3 is 9.88 Å². The van der Waals surface area contributed by atoms with Gasteiger partial charge in [0.05, 0.1) is 5.75 Å². The molecule has 0 spiro atoms. The summed E-state index contributed by atoms with van der Waals surface area (Å²) in [5.74, 6) is 2.10. The third-order valence-corrected chi connectivity index (χ3v) is 6.26. The number of hydrogen-bond donors (Lipinski definition) is 1. The van der Waals surface area contributed by atoms with Gasteiger partial charge in [-0.15, -0.1) is 10.2 Å². The van der Waals surface area contributed by atoms with Crippen LogP contribution in [0.1, 0.15) is 44.9 Å². The minimum absolute atomic E-state index is 0.0307. The van der Waals surface area contributed by atoms with Crippen molar-refractivity contribution in [1.29, 1.82) is 0 Å². The summed E-state index contributed by atoms with van der Waals surface area (Å²) in [4.78, 5) is 12.2. The largest absolute Gasteiger partial charge is 0.325 e. The highest BCUT2D eigenvalue weighted by Crippen LogP contribution is 2.27. The Kier molecular flexibility index (Phi) is 7.14. The minimum atomic E-state index is -0.0307. The maximum Gasteiger partial charge on any atom is 0.234 e. The molecule has 1 fully saturated rings. The van der Waals surface area contributed by atoms with Crippen molar-refractivity contribution in [3.8, 4) is 0 Å². The summed E-state index contributed by atoms with van der Waals surface area (Å²) in [6.45, 7) is 2.95. The molecule has 140 valence electrons. The van der Waals surface area contributed by atoms with Gasteiger partial charge in [0, 0.05) is 23.1 Å². The van der Waals surface area contributed by atoms with Gasteiger partial charge in [0.2, 0.25) is 5.91 Å². The Morgan fingerprint density at radius 3 is 2.65 bits per heavy atom. The Morgan fingerprint density at radius 2 is 1.96 bits per heavy atom. The quantitative estimate of drug-likeness (QED) is 0.625. The van der Waals surface area contributed by atoms with Gasteiger partial charge in [0.25, 0.3) is 0 Å². The maximum atomic E-state index is 12.2. The van der Waals surface area contributed by atoms with Crippen molar-refractivity contribution >= 4 is 39.3 Å². The molecule has 1 aliphatic carbocycles. The molecule has 1 heterocycles. The topological polar surface area (TPSA) is 59.8 Å². The SMILES string of the molecule is CCn1c(CC2CCCCC2)nnc1SCC(=O)Nc1ccc(Br)cc1. The zero-order chi connectivity index (χ0) is 18.4. The summed E-state index contributed by atoms with van der Waals surface area (Å²) in [5.41, 5.74) is 0.800. The van der Waals surface area contributed by atoms with E-state index < -0.39 is 0 Å². The minimum Gasteiger partial charge on any atom is -0.325 e. The van der Waals surface area contributed by atoms with Crippen LogP contribution in [-0.2, 0) is 17.8 Å². The number of carbonyl (C=O) groups is 1. The molecule has 0 unspecified atom stereocenters. The summed E-state index contributed by atoms with van der Waals surface area (Å²) in [5, 5.41) is 12.5. The molecule has 1 amide bonds. The fourth-order valence-electron chi connectivity index (χ4n) is 3.40. The third kappa shape index (κ3) is 5.33. The summed E-state index contributed by atoms with van der Waals surface area (Å²) in [7, 11) is 0. The Labute approximate surface area is 167 Å². The van der Waals surface area contributed by atoms with Gasteiger partial charge >= 0.3 is 0 Å². The molecule has 0 atom stereocenters. The highest BCUT2D eigenvalue weighted by molar-refractivity contribution is 9.10. The van der Waals surface area contributed by atoms with Gasteiger partial charge in [-0.25, -0.2) is 0 Å². The Morgan fingerprint density at radius 1 is 1.23 bits per heavy atom. The number of carbonyl (C=O) groups excluding carboxylic acids is 1. The Hall–Kier alpha value is -1.34. The van der Waals surface area contributed by atoms with E-state index in [9.17, 15) is 4.79 Å². The van der Waals surface area contributed by atoms with E-state index in [0.717, 1.165) is 40.0 Å². The first-order chi connectivity index (χ1) is 12.7. The number of amides is 1. The summed E-state index contributed by atoms with van der Waals surface area (Å²) in [6.07, 6.45) is 7.65.